The second kappa shape index (κ2) is 9.55. The highest BCUT2D eigenvalue weighted by Crippen LogP contribution is 2.29. The number of carbonyl (C=O) groups is 1. The van der Waals surface area contributed by atoms with Crippen LogP contribution in [0.25, 0.3) is 10.6 Å². The number of nitrogens with one attached hydrogen (secondary N) is 1. The Balaban J connectivity index is 1.38. The minimum absolute atomic E-state index is 0.0592. The first-order chi connectivity index (χ1) is 14.6. The Morgan fingerprint density at radius 3 is 3.00 bits per heavy atom. The lowest BCUT2D eigenvalue weighted by molar-refractivity contribution is 0.0854. The normalized spacial score (nSPS) is 15.9. The molecule has 2 heterocycles. The molecule has 30 heavy (non-hydrogen) atoms. The first-order valence-corrected chi connectivity index (χ1v) is 10.9. The number of halogens is 2. The molecule has 0 saturated carbocycles. The number of carbonyl (C=O) groups excluding carboxylic acids is 1. The van der Waals surface area contributed by atoms with Crippen molar-refractivity contribution in [2.75, 3.05) is 13.2 Å². The number of thiazole rings is 1. The summed E-state index contributed by atoms with van der Waals surface area (Å²) in [5.41, 5.74) is 1.49. The van der Waals surface area contributed by atoms with Crippen molar-refractivity contribution >= 4 is 28.8 Å². The number of benzene rings is 2. The van der Waals surface area contributed by atoms with E-state index in [0.29, 0.717) is 27.9 Å². The van der Waals surface area contributed by atoms with Crippen LogP contribution >= 0.6 is 22.9 Å². The molecule has 1 fully saturated rings. The molecule has 1 N–H and O–H groups in total. The Labute approximate surface area is 182 Å². The topological polar surface area (TPSA) is 60.5 Å². The van der Waals surface area contributed by atoms with E-state index in [1.807, 2.05) is 12.1 Å². The molecule has 1 saturated heterocycles. The SMILES string of the molecule is O=C(NC[C@@H]1CCCO1)c1csc(-c2ccc(OCc3cccc(Cl)c3)cc2F)n1. The lowest BCUT2D eigenvalue weighted by Gasteiger charge is -2.09. The molecule has 1 amide bonds. The molecule has 1 atom stereocenters. The van der Waals surface area contributed by atoms with E-state index in [9.17, 15) is 9.18 Å². The van der Waals surface area contributed by atoms with Crippen LogP contribution in [0.5, 0.6) is 5.75 Å². The molecule has 2 aromatic carbocycles. The van der Waals surface area contributed by atoms with Crippen molar-refractivity contribution in [1.82, 2.24) is 10.3 Å². The molecule has 156 valence electrons. The van der Waals surface area contributed by atoms with Crippen LogP contribution in [-0.2, 0) is 11.3 Å². The Kier molecular flexibility index (Phi) is 6.62. The minimum atomic E-state index is -0.459. The largest absolute Gasteiger partial charge is 0.489 e. The molecule has 0 spiro atoms. The van der Waals surface area contributed by atoms with Gasteiger partial charge in [0.2, 0.25) is 0 Å². The average Bonchev–Trinajstić information content (AvgIpc) is 3.43. The highest BCUT2D eigenvalue weighted by molar-refractivity contribution is 7.13. The maximum absolute atomic E-state index is 14.6. The number of nitrogens with zero attached hydrogens (tertiary/aromatic N) is 1. The van der Waals surface area contributed by atoms with Gasteiger partial charge in [-0.3, -0.25) is 4.79 Å². The second-order valence-electron chi connectivity index (χ2n) is 6.94. The molecule has 3 aromatic rings. The van der Waals surface area contributed by atoms with Gasteiger partial charge in [0.05, 0.1) is 6.10 Å². The van der Waals surface area contributed by atoms with Crippen LogP contribution < -0.4 is 10.1 Å². The summed E-state index contributed by atoms with van der Waals surface area (Å²) in [5, 5.41) is 5.51. The molecule has 1 aliphatic rings. The third-order valence-electron chi connectivity index (χ3n) is 4.72. The average molecular weight is 447 g/mol. The highest BCUT2D eigenvalue weighted by Gasteiger charge is 2.19. The zero-order valence-corrected chi connectivity index (χ0v) is 17.6. The zero-order chi connectivity index (χ0) is 20.9. The summed E-state index contributed by atoms with van der Waals surface area (Å²) < 4.78 is 25.8. The number of hydrogen-bond acceptors (Lipinski definition) is 5. The van der Waals surface area contributed by atoms with Gasteiger partial charge in [-0.2, -0.15) is 0 Å². The number of hydrogen-bond donors (Lipinski definition) is 1. The van der Waals surface area contributed by atoms with Gasteiger partial charge in [-0.15, -0.1) is 11.3 Å². The Hall–Kier alpha value is -2.48. The van der Waals surface area contributed by atoms with Crippen molar-refractivity contribution in [2.24, 2.45) is 0 Å². The Morgan fingerprint density at radius 1 is 1.33 bits per heavy atom. The summed E-state index contributed by atoms with van der Waals surface area (Å²) in [5.74, 6) is -0.337. The zero-order valence-electron chi connectivity index (χ0n) is 16.1. The van der Waals surface area contributed by atoms with Crippen molar-refractivity contribution < 1.29 is 18.7 Å². The lowest BCUT2D eigenvalue weighted by Crippen LogP contribution is -2.31. The van der Waals surface area contributed by atoms with E-state index in [1.54, 1.807) is 29.6 Å². The monoisotopic (exact) mass is 446 g/mol. The summed E-state index contributed by atoms with van der Waals surface area (Å²) in [6.45, 7) is 1.48. The third kappa shape index (κ3) is 5.16. The molecular weight excluding hydrogens is 427 g/mol. The first-order valence-electron chi connectivity index (χ1n) is 9.61. The fourth-order valence-corrected chi connectivity index (χ4v) is 4.20. The van der Waals surface area contributed by atoms with Crippen LogP contribution in [0.15, 0.2) is 47.8 Å². The molecule has 8 heteroatoms. The van der Waals surface area contributed by atoms with Crippen LogP contribution in [0.1, 0.15) is 28.9 Å². The summed E-state index contributed by atoms with van der Waals surface area (Å²) in [7, 11) is 0. The van der Waals surface area contributed by atoms with E-state index < -0.39 is 5.82 Å². The minimum Gasteiger partial charge on any atom is -0.489 e. The second-order valence-corrected chi connectivity index (χ2v) is 8.24. The van der Waals surface area contributed by atoms with Gasteiger partial charge in [-0.05, 0) is 42.7 Å². The van der Waals surface area contributed by atoms with Crippen LogP contribution in [-0.4, -0.2) is 30.1 Å². The summed E-state index contributed by atoms with van der Waals surface area (Å²) in [6, 6.07) is 11.9. The standard InChI is InChI=1S/C22H20ClFN2O3S/c23-15-4-1-3-14(9-15)12-29-16-6-7-18(19(24)10-16)22-26-20(13-30-22)21(27)25-11-17-5-2-8-28-17/h1,3-4,6-7,9-10,13,17H,2,5,8,11-12H2,(H,25,27)/t17-/m0/s1. The predicted octanol–water partition coefficient (Wildman–Crippen LogP) is 5.09. The Bertz CT molecular complexity index is 1040. The first kappa shape index (κ1) is 20.8. The number of rotatable bonds is 7. The van der Waals surface area contributed by atoms with E-state index in [0.717, 1.165) is 25.0 Å². The van der Waals surface area contributed by atoms with Crippen LogP contribution in [0.4, 0.5) is 4.39 Å². The number of amides is 1. The molecule has 0 aliphatic carbocycles. The number of ether oxygens (including phenoxy) is 2. The van der Waals surface area contributed by atoms with Crippen LogP contribution in [0.2, 0.25) is 5.02 Å². The predicted molar refractivity (Wildman–Crippen MR) is 115 cm³/mol. The van der Waals surface area contributed by atoms with Gasteiger partial charge in [-0.1, -0.05) is 23.7 Å². The fourth-order valence-electron chi connectivity index (χ4n) is 3.16. The van der Waals surface area contributed by atoms with E-state index >= 15 is 0 Å². The van der Waals surface area contributed by atoms with Gasteiger partial charge >= 0.3 is 0 Å². The van der Waals surface area contributed by atoms with E-state index in [-0.39, 0.29) is 24.3 Å². The van der Waals surface area contributed by atoms with Crippen LogP contribution in [0, 0.1) is 5.82 Å². The molecular formula is C22H20ClFN2O3S. The number of aromatic nitrogens is 1. The van der Waals surface area contributed by atoms with Crippen molar-refractivity contribution in [3.8, 4) is 16.3 Å². The van der Waals surface area contributed by atoms with E-state index in [4.69, 9.17) is 21.1 Å². The summed E-state index contributed by atoms with van der Waals surface area (Å²) >= 11 is 7.18. The van der Waals surface area contributed by atoms with Gasteiger partial charge in [0, 0.05) is 35.2 Å². The molecule has 0 unspecified atom stereocenters. The molecule has 0 bridgehead atoms. The van der Waals surface area contributed by atoms with Gasteiger partial charge in [0.25, 0.3) is 5.91 Å². The Morgan fingerprint density at radius 2 is 2.23 bits per heavy atom. The lowest BCUT2D eigenvalue weighted by atomic mass is 10.2. The van der Waals surface area contributed by atoms with Crippen molar-refractivity contribution in [2.45, 2.75) is 25.6 Å². The fraction of sp³-hybridized carbons (Fsp3) is 0.273. The molecule has 1 aliphatic heterocycles. The molecule has 1 aromatic heterocycles. The summed E-state index contributed by atoms with van der Waals surface area (Å²) in [4.78, 5) is 16.6. The quantitative estimate of drug-likeness (QED) is 0.549. The third-order valence-corrected chi connectivity index (χ3v) is 5.83. The molecule has 0 radical (unpaired) electrons. The van der Waals surface area contributed by atoms with Crippen molar-refractivity contribution in [1.29, 1.82) is 0 Å². The molecule has 4 rings (SSSR count). The van der Waals surface area contributed by atoms with Crippen molar-refractivity contribution in [3.63, 3.8) is 0 Å². The maximum Gasteiger partial charge on any atom is 0.270 e. The summed E-state index contributed by atoms with van der Waals surface area (Å²) in [6.07, 6.45) is 2.02. The van der Waals surface area contributed by atoms with Gasteiger partial charge in [-0.25, -0.2) is 9.37 Å². The van der Waals surface area contributed by atoms with Gasteiger partial charge in [0.15, 0.2) is 0 Å². The van der Waals surface area contributed by atoms with Gasteiger partial charge < -0.3 is 14.8 Å². The van der Waals surface area contributed by atoms with Crippen LogP contribution in [0.3, 0.4) is 0 Å². The smallest absolute Gasteiger partial charge is 0.270 e. The van der Waals surface area contributed by atoms with E-state index in [2.05, 4.69) is 10.3 Å². The van der Waals surface area contributed by atoms with Crippen molar-refractivity contribution in [3.05, 3.63) is 69.9 Å². The molecule has 5 nitrogen and oxygen atoms in total. The highest BCUT2D eigenvalue weighted by atomic mass is 35.5. The van der Waals surface area contributed by atoms with E-state index in [1.165, 1.54) is 17.4 Å². The van der Waals surface area contributed by atoms with Gasteiger partial charge in [0.1, 0.15) is 28.9 Å². The maximum atomic E-state index is 14.6.